The van der Waals surface area contributed by atoms with Crippen LogP contribution < -0.4 is 21.3 Å². The second-order valence-corrected chi connectivity index (χ2v) is 12.4. The van der Waals surface area contributed by atoms with E-state index in [1.165, 1.54) is 31.6 Å². The summed E-state index contributed by atoms with van der Waals surface area (Å²) in [6.45, 7) is 6.76. The molecule has 3 aliphatic rings. The Balaban J connectivity index is 1.11. The lowest BCUT2D eigenvalue weighted by atomic mass is 9.89. The minimum absolute atomic E-state index is 0.0672. The Kier molecular flexibility index (Phi) is 8.08. The molecule has 7 N–H and O–H groups in total. The Morgan fingerprint density at radius 1 is 0.955 bits per heavy atom. The van der Waals surface area contributed by atoms with Crippen LogP contribution in [-0.2, 0) is 0 Å². The number of piperidine rings is 1. The highest BCUT2D eigenvalue weighted by Gasteiger charge is 2.30. The van der Waals surface area contributed by atoms with Crippen LogP contribution in [0.15, 0.2) is 48.9 Å². The van der Waals surface area contributed by atoms with E-state index in [0.717, 1.165) is 48.3 Å². The average molecular weight is 599 g/mol. The molecular formula is C32H42N10O2. The van der Waals surface area contributed by atoms with Crippen molar-refractivity contribution >= 4 is 33.9 Å². The Morgan fingerprint density at radius 3 is 2.41 bits per heavy atom. The fraction of sp³-hybridized carbons (Fsp3) is 0.469. The molecular weight excluding hydrogens is 556 g/mol. The number of aromatic amines is 1. The minimum Gasteiger partial charge on any atom is -0.393 e. The van der Waals surface area contributed by atoms with E-state index in [9.17, 15) is 10.2 Å². The van der Waals surface area contributed by atoms with Gasteiger partial charge < -0.3 is 41.4 Å². The molecule has 1 aromatic carbocycles. The van der Waals surface area contributed by atoms with Crippen molar-refractivity contribution in [3.05, 3.63) is 54.6 Å². The molecule has 1 aliphatic carbocycles. The third-order valence-corrected chi connectivity index (χ3v) is 9.40. The molecule has 1 unspecified atom stereocenters. The van der Waals surface area contributed by atoms with Gasteiger partial charge in [0.15, 0.2) is 11.6 Å². The number of aromatic nitrogens is 4. The van der Waals surface area contributed by atoms with Crippen LogP contribution in [0.3, 0.4) is 0 Å². The number of hydrogen-bond donors (Lipinski definition) is 6. The Morgan fingerprint density at radius 2 is 1.70 bits per heavy atom. The van der Waals surface area contributed by atoms with Gasteiger partial charge in [-0.2, -0.15) is 0 Å². The highest BCUT2D eigenvalue weighted by atomic mass is 16.3. The van der Waals surface area contributed by atoms with Crippen molar-refractivity contribution in [2.45, 2.75) is 50.1 Å². The first kappa shape index (κ1) is 28.9. The number of pyridine rings is 1. The van der Waals surface area contributed by atoms with Crippen molar-refractivity contribution in [3.8, 4) is 11.3 Å². The molecule has 232 valence electrons. The summed E-state index contributed by atoms with van der Waals surface area (Å²) in [5.41, 5.74) is 10.5. The molecule has 2 aliphatic heterocycles. The molecule has 0 radical (unpaired) electrons. The molecule has 12 nitrogen and oxygen atoms in total. The smallest absolute Gasteiger partial charge is 0.158 e. The summed E-state index contributed by atoms with van der Waals surface area (Å²) < 4.78 is 0. The molecule has 3 aromatic heterocycles. The maximum Gasteiger partial charge on any atom is 0.158 e. The van der Waals surface area contributed by atoms with Crippen LogP contribution in [0, 0.1) is 0 Å². The maximum atomic E-state index is 10.6. The van der Waals surface area contributed by atoms with Gasteiger partial charge in [-0.1, -0.05) is 0 Å². The van der Waals surface area contributed by atoms with E-state index in [1.54, 1.807) is 12.4 Å². The second kappa shape index (κ2) is 12.3. The summed E-state index contributed by atoms with van der Waals surface area (Å²) in [6.07, 6.45) is 7.32. The first-order valence-corrected chi connectivity index (χ1v) is 15.7. The van der Waals surface area contributed by atoms with E-state index in [4.69, 9.17) is 15.7 Å². The number of nitrogens with one attached hydrogen (secondary N) is 3. The summed E-state index contributed by atoms with van der Waals surface area (Å²) >= 11 is 0. The van der Waals surface area contributed by atoms with Crippen LogP contribution in [0.5, 0.6) is 0 Å². The Bertz CT molecular complexity index is 1570. The van der Waals surface area contributed by atoms with E-state index >= 15 is 0 Å². The van der Waals surface area contributed by atoms with Gasteiger partial charge in [0.25, 0.3) is 0 Å². The van der Waals surface area contributed by atoms with Gasteiger partial charge in [0, 0.05) is 86.1 Å². The minimum atomic E-state index is -1.34. The van der Waals surface area contributed by atoms with Crippen molar-refractivity contribution in [2.24, 2.45) is 5.73 Å². The number of fused-ring (bicyclic) bond motifs is 1. The van der Waals surface area contributed by atoms with Gasteiger partial charge in [-0.05, 0) is 63.1 Å². The number of anilines is 4. The molecule has 4 aromatic rings. The standard InChI is InChI=1S/C32H42N10O2/c1-40-12-14-42(15-13-40)23-7-10-41(11-8-23)22-4-2-20(3-5-22)36-32-29(30(33)44)38-28(31(39-32)37-21-16-24(43)17-21)26-18-34-19-27-25(26)6-9-35-27/h2-6,9,18-19,21,23-24,30,35,43-44H,7-8,10-17,33H2,1H3,(H2,36,37,39)/t21-,24-,30?. The van der Waals surface area contributed by atoms with Crippen LogP contribution in [0.1, 0.15) is 37.6 Å². The second-order valence-electron chi connectivity index (χ2n) is 12.4. The number of H-pyrrole nitrogens is 1. The molecule has 44 heavy (non-hydrogen) atoms. The quantitative estimate of drug-likeness (QED) is 0.166. The topological polar surface area (TPSA) is 155 Å². The molecule has 1 saturated carbocycles. The van der Waals surface area contributed by atoms with Crippen LogP contribution in [0.4, 0.5) is 23.0 Å². The van der Waals surface area contributed by atoms with E-state index in [2.05, 4.69) is 54.5 Å². The summed E-state index contributed by atoms with van der Waals surface area (Å²) in [6, 6.07) is 11.0. The van der Waals surface area contributed by atoms with Crippen LogP contribution >= 0.6 is 0 Å². The lowest BCUT2D eigenvalue weighted by Crippen LogP contribution is -2.52. The Hall–Kier alpha value is -3.81. The summed E-state index contributed by atoms with van der Waals surface area (Å²) in [7, 11) is 2.21. The largest absolute Gasteiger partial charge is 0.393 e. The molecule has 0 spiro atoms. The highest BCUT2D eigenvalue weighted by Crippen LogP contribution is 2.36. The third kappa shape index (κ3) is 5.95. The molecule has 2 saturated heterocycles. The zero-order valence-corrected chi connectivity index (χ0v) is 25.2. The number of likely N-dealkylation sites (N-methyl/N-ethyl adjacent to an activating group) is 1. The van der Waals surface area contributed by atoms with Crippen LogP contribution in [0.2, 0.25) is 0 Å². The predicted molar refractivity (Wildman–Crippen MR) is 173 cm³/mol. The highest BCUT2D eigenvalue weighted by molar-refractivity contribution is 5.96. The normalized spacial score (nSPS) is 22.6. The summed E-state index contributed by atoms with van der Waals surface area (Å²) in [4.78, 5) is 24.9. The summed E-state index contributed by atoms with van der Waals surface area (Å²) in [5.74, 6) is 0.921. The van der Waals surface area contributed by atoms with E-state index in [1.807, 2.05) is 24.4 Å². The molecule has 0 amide bonds. The van der Waals surface area contributed by atoms with Gasteiger partial charge in [-0.3, -0.25) is 9.88 Å². The zero-order chi connectivity index (χ0) is 30.2. The number of aliphatic hydroxyl groups is 2. The van der Waals surface area contributed by atoms with Gasteiger partial charge in [0.05, 0.1) is 17.8 Å². The number of piperazine rings is 1. The summed E-state index contributed by atoms with van der Waals surface area (Å²) in [5, 5.41) is 28.2. The number of nitrogens with two attached hydrogens (primary N) is 1. The van der Waals surface area contributed by atoms with Crippen molar-refractivity contribution < 1.29 is 10.2 Å². The predicted octanol–water partition coefficient (Wildman–Crippen LogP) is 2.86. The molecule has 3 fully saturated rings. The number of hydrogen-bond acceptors (Lipinski definition) is 11. The Labute approximate surface area is 257 Å². The van der Waals surface area contributed by atoms with Crippen LogP contribution in [0.25, 0.3) is 22.2 Å². The first-order chi connectivity index (χ1) is 21.4. The number of benzene rings is 1. The molecule has 7 rings (SSSR count). The maximum absolute atomic E-state index is 10.6. The number of aliphatic hydroxyl groups excluding tert-OH is 2. The van der Waals surface area contributed by atoms with Crippen molar-refractivity contribution in [1.29, 1.82) is 0 Å². The average Bonchev–Trinajstić information content (AvgIpc) is 3.51. The third-order valence-electron chi connectivity index (χ3n) is 9.40. The van der Waals surface area contributed by atoms with Gasteiger partial charge in [0.1, 0.15) is 17.6 Å². The van der Waals surface area contributed by atoms with E-state index in [0.29, 0.717) is 36.2 Å². The van der Waals surface area contributed by atoms with Gasteiger partial charge >= 0.3 is 0 Å². The van der Waals surface area contributed by atoms with Gasteiger partial charge in [-0.25, -0.2) is 9.97 Å². The molecule has 1 atom stereocenters. The number of rotatable bonds is 8. The lowest BCUT2D eigenvalue weighted by molar-refractivity contribution is 0.0835. The SMILES string of the molecule is CN1CCN(C2CCN(c3ccc(Nc4nc(N[C@H]5C[C@H](O)C5)c(-c5cncc6[nH]ccc56)nc4C(N)O)cc3)CC2)CC1. The van der Waals surface area contributed by atoms with E-state index < -0.39 is 6.23 Å². The van der Waals surface area contributed by atoms with E-state index in [-0.39, 0.29) is 17.8 Å². The van der Waals surface area contributed by atoms with Crippen molar-refractivity contribution in [2.75, 3.05) is 61.8 Å². The van der Waals surface area contributed by atoms with Crippen molar-refractivity contribution in [3.63, 3.8) is 0 Å². The number of nitrogens with zero attached hydrogens (tertiary/aromatic N) is 6. The lowest BCUT2D eigenvalue weighted by Gasteiger charge is -2.42. The van der Waals surface area contributed by atoms with Gasteiger partial charge in [-0.15, -0.1) is 0 Å². The fourth-order valence-electron chi connectivity index (χ4n) is 6.67. The zero-order valence-electron chi connectivity index (χ0n) is 25.2. The fourth-order valence-corrected chi connectivity index (χ4v) is 6.67. The molecule has 0 bridgehead atoms. The molecule has 12 heteroatoms. The monoisotopic (exact) mass is 598 g/mol. The molecule has 5 heterocycles. The van der Waals surface area contributed by atoms with Gasteiger partial charge in [0.2, 0.25) is 0 Å². The first-order valence-electron chi connectivity index (χ1n) is 15.7. The van der Waals surface area contributed by atoms with Crippen molar-refractivity contribution in [1.82, 2.24) is 29.7 Å². The van der Waals surface area contributed by atoms with Crippen LogP contribution in [-0.4, -0.2) is 104 Å².